The van der Waals surface area contributed by atoms with E-state index >= 15 is 0 Å². The fourth-order valence-electron chi connectivity index (χ4n) is 7.01. The van der Waals surface area contributed by atoms with Crippen molar-refractivity contribution in [3.05, 3.63) is 94.5 Å². The van der Waals surface area contributed by atoms with Gasteiger partial charge in [-0.3, -0.25) is 9.59 Å². The minimum absolute atomic E-state index is 0. The first-order chi connectivity index (χ1) is 35.4. The van der Waals surface area contributed by atoms with Crippen molar-refractivity contribution < 1.29 is 43.3 Å². The third-order valence-electron chi connectivity index (χ3n) is 9.45. The maximum absolute atomic E-state index is 13.4. The molecular formula is C52H73BrN10O10S6. The number of aryl methyl sites for hydroxylation is 1. The van der Waals surface area contributed by atoms with Crippen LogP contribution >= 0.6 is 38.6 Å². The number of aromatic nitrogens is 2. The number of halogens is 1. The van der Waals surface area contributed by atoms with Crippen LogP contribution in [0.5, 0.6) is 0 Å². The van der Waals surface area contributed by atoms with Crippen molar-refractivity contribution in [2.75, 3.05) is 22.1 Å². The lowest BCUT2D eigenvalue weighted by Crippen LogP contribution is -2.40. The summed E-state index contributed by atoms with van der Waals surface area (Å²) < 4.78 is 114. The molecule has 2 heterocycles. The summed E-state index contributed by atoms with van der Waals surface area (Å²) in [6, 6.07) is 18.7. The maximum atomic E-state index is 13.4. The molecule has 0 unspecified atom stereocenters. The van der Waals surface area contributed by atoms with Crippen LogP contribution in [0, 0.1) is 6.92 Å². The number of carbonyl (C=O) groups excluding carboxylic acids is 2. The number of hydrogen-bond donors (Lipinski definition) is 8. The van der Waals surface area contributed by atoms with Crippen LogP contribution in [-0.2, 0) is 49.7 Å². The third-order valence-corrected chi connectivity index (χ3v) is 19.3. The number of carbonyl (C=O) groups is 2. The molecule has 6 rings (SSSR count). The number of benzene rings is 4. The summed E-state index contributed by atoms with van der Waals surface area (Å²) in [7, 11) is -15.3. The van der Waals surface area contributed by atoms with Gasteiger partial charge in [0.15, 0.2) is 0 Å². The van der Waals surface area contributed by atoms with Crippen LogP contribution < -0.4 is 41.0 Å². The van der Waals surface area contributed by atoms with Gasteiger partial charge in [-0.2, -0.15) is 0 Å². The lowest BCUT2D eigenvalue weighted by Gasteiger charge is -2.22. The molecule has 0 aliphatic carbocycles. The first kappa shape index (κ1) is 68.1. The highest BCUT2D eigenvalue weighted by atomic mass is 79.9. The Kier molecular flexibility index (Phi) is 22.2. The maximum Gasteiger partial charge on any atom is 0.241 e. The first-order valence-electron chi connectivity index (χ1n) is 23.7. The number of amides is 2. The molecule has 6 aromatic rings. The zero-order chi connectivity index (χ0) is 59.4. The standard InChI is InChI=1S/C25H33N5O5S3.C15H18BrN3O3S2.C11H18N2O2S.CH4/c1-15(31)28-17-9-11-19(22(13-17)38(34,35)30-25(5,6)7)23-27-14-20(36-23)18-10-8-16(26)12-21(18)37(32,33)29-24(2,3)4;1-9(20)18-10-5-6-11(14-17-8-13(16)23-14)12(7-10)24(21,22)19-15(2,3)4;1-8-5-6-9(12)7-10(8)16(14,15)13-11(2,3)4;/h8-14,29-30H,26H2,1-7H3,(H,28,31);5-8,19H,1-4H3,(H,18,20);5-7,13H,12H2,1-4H3;1H4. The molecule has 20 nitrogen and oxygen atoms in total. The lowest BCUT2D eigenvalue weighted by molar-refractivity contribution is -0.115. The van der Waals surface area contributed by atoms with Crippen molar-refractivity contribution in [1.29, 1.82) is 0 Å². The molecule has 434 valence electrons. The molecule has 27 heteroatoms. The second-order valence-corrected chi connectivity index (χ2v) is 32.0. The van der Waals surface area contributed by atoms with E-state index in [1.54, 1.807) is 145 Å². The molecule has 2 amide bonds. The van der Waals surface area contributed by atoms with Crippen molar-refractivity contribution in [2.45, 2.75) is 153 Å². The molecule has 0 bridgehead atoms. The largest absolute Gasteiger partial charge is 0.399 e. The van der Waals surface area contributed by atoms with E-state index in [-0.39, 0.29) is 44.5 Å². The van der Waals surface area contributed by atoms with Gasteiger partial charge in [0, 0.05) is 81.6 Å². The molecule has 0 saturated carbocycles. The molecule has 0 radical (unpaired) electrons. The number of nitrogens with zero attached hydrogens (tertiary/aromatic N) is 2. The van der Waals surface area contributed by atoms with E-state index in [4.69, 9.17) is 11.5 Å². The Morgan fingerprint density at radius 3 is 1.18 bits per heavy atom. The summed E-state index contributed by atoms with van der Waals surface area (Å²) in [6.45, 7) is 25.5. The normalized spacial score (nSPS) is 12.5. The molecule has 0 aliphatic rings. The van der Waals surface area contributed by atoms with E-state index in [1.165, 1.54) is 55.6 Å². The summed E-state index contributed by atoms with van der Waals surface area (Å²) in [4.78, 5) is 32.3. The average molecular weight is 1270 g/mol. The van der Waals surface area contributed by atoms with Crippen LogP contribution in [0.4, 0.5) is 22.7 Å². The van der Waals surface area contributed by atoms with Gasteiger partial charge in [-0.1, -0.05) is 19.6 Å². The molecule has 10 N–H and O–H groups in total. The number of nitrogen functional groups attached to an aromatic ring is 2. The van der Waals surface area contributed by atoms with Gasteiger partial charge in [-0.15, -0.1) is 22.7 Å². The van der Waals surface area contributed by atoms with Crippen LogP contribution in [0.25, 0.3) is 31.6 Å². The molecule has 4 aromatic carbocycles. The number of rotatable bonds is 13. The number of thiazole rings is 2. The van der Waals surface area contributed by atoms with Crippen molar-refractivity contribution in [3.8, 4) is 31.6 Å². The Balaban J connectivity index is 0.000000341. The number of sulfonamides is 4. The molecule has 0 aliphatic heterocycles. The van der Waals surface area contributed by atoms with Crippen LogP contribution in [0.2, 0.25) is 0 Å². The summed E-state index contributed by atoms with van der Waals surface area (Å²) in [6.07, 6.45) is 3.12. The Bertz CT molecular complexity index is 3650. The van der Waals surface area contributed by atoms with Crippen LogP contribution in [0.15, 0.2) is 109 Å². The first-order valence-corrected chi connectivity index (χ1v) is 32.1. The summed E-state index contributed by atoms with van der Waals surface area (Å²) in [5.74, 6) is -0.616. The Morgan fingerprint density at radius 2 is 0.810 bits per heavy atom. The summed E-state index contributed by atoms with van der Waals surface area (Å²) in [5, 5.41) is 6.14. The van der Waals surface area contributed by atoms with Crippen LogP contribution in [0.1, 0.15) is 110 Å². The van der Waals surface area contributed by atoms with Gasteiger partial charge in [-0.25, -0.2) is 62.5 Å². The second-order valence-electron chi connectivity index (χ2n) is 22.0. The minimum atomic E-state index is -4.02. The summed E-state index contributed by atoms with van der Waals surface area (Å²) in [5.41, 5.74) is 12.2. The molecule has 0 atom stereocenters. The van der Waals surface area contributed by atoms with Crippen molar-refractivity contribution >= 4 is 113 Å². The van der Waals surface area contributed by atoms with E-state index in [0.29, 0.717) is 54.2 Å². The predicted octanol–water partition coefficient (Wildman–Crippen LogP) is 10.1. The van der Waals surface area contributed by atoms with Gasteiger partial charge in [0.1, 0.15) is 10.0 Å². The minimum Gasteiger partial charge on any atom is -0.399 e. The van der Waals surface area contributed by atoms with Crippen molar-refractivity contribution in [3.63, 3.8) is 0 Å². The smallest absolute Gasteiger partial charge is 0.241 e. The molecule has 0 spiro atoms. The predicted molar refractivity (Wildman–Crippen MR) is 324 cm³/mol. The fraction of sp³-hybridized carbons (Fsp3) is 0.385. The van der Waals surface area contributed by atoms with Gasteiger partial charge in [0.05, 0.1) is 34.4 Å². The monoisotopic (exact) mass is 1270 g/mol. The highest BCUT2D eigenvalue weighted by Crippen LogP contribution is 2.40. The second kappa shape index (κ2) is 25.7. The molecular weight excluding hydrogens is 1200 g/mol. The average Bonchev–Trinajstić information content (AvgIpc) is 3.91. The van der Waals surface area contributed by atoms with Crippen LogP contribution in [0.3, 0.4) is 0 Å². The zero-order valence-corrected chi connectivity index (χ0v) is 52.5. The highest BCUT2D eigenvalue weighted by molar-refractivity contribution is 9.11. The Labute approximate surface area is 483 Å². The number of anilines is 4. The van der Waals surface area contributed by atoms with E-state index in [0.717, 1.165) is 15.1 Å². The van der Waals surface area contributed by atoms with Gasteiger partial charge in [0.25, 0.3) is 0 Å². The topological polar surface area (TPSA) is 321 Å². The van der Waals surface area contributed by atoms with Crippen molar-refractivity contribution in [2.24, 2.45) is 0 Å². The SMILES string of the molecule is C.CC(=O)Nc1ccc(-c2ncc(-c3ccc(N)cc3S(=O)(=O)NC(C)(C)C)s2)c(S(=O)(=O)NC(C)(C)C)c1.CC(=O)Nc1ccc(-c2ncc(Br)s2)c(S(=O)(=O)NC(C)(C)C)c1.Cc1ccc(N)cc1S(=O)(=O)NC(C)(C)C. The molecule has 0 saturated heterocycles. The van der Waals surface area contributed by atoms with E-state index in [1.807, 2.05) is 0 Å². The van der Waals surface area contributed by atoms with E-state index in [2.05, 4.69) is 55.4 Å². The Hall–Kier alpha value is -5.20. The number of hydrogen-bond acceptors (Lipinski definition) is 16. The summed E-state index contributed by atoms with van der Waals surface area (Å²) >= 11 is 5.81. The number of nitrogens with one attached hydrogen (secondary N) is 6. The molecule has 79 heavy (non-hydrogen) atoms. The lowest BCUT2D eigenvalue weighted by atomic mass is 10.1. The molecule has 0 fully saturated rings. The van der Waals surface area contributed by atoms with Gasteiger partial charge in [-0.05, 0) is 172 Å². The zero-order valence-electron chi connectivity index (χ0n) is 46.0. The third kappa shape index (κ3) is 20.7. The number of nitrogens with two attached hydrogens (primary N) is 2. The van der Waals surface area contributed by atoms with E-state index in [9.17, 15) is 43.3 Å². The van der Waals surface area contributed by atoms with Gasteiger partial charge in [0.2, 0.25) is 51.9 Å². The fourth-order valence-corrected chi connectivity index (χ4v) is 16.1. The van der Waals surface area contributed by atoms with Crippen LogP contribution in [-0.4, -0.2) is 77.6 Å². The van der Waals surface area contributed by atoms with Gasteiger partial charge >= 0.3 is 0 Å². The highest BCUT2D eigenvalue weighted by Gasteiger charge is 2.31. The molecule has 2 aromatic heterocycles. The van der Waals surface area contributed by atoms with Gasteiger partial charge < -0.3 is 22.1 Å². The Morgan fingerprint density at radius 1 is 0.481 bits per heavy atom. The van der Waals surface area contributed by atoms with E-state index < -0.39 is 62.2 Å². The quantitative estimate of drug-likeness (QED) is 0.0499. The van der Waals surface area contributed by atoms with Crippen molar-refractivity contribution in [1.82, 2.24) is 28.9 Å².